The van der Waals surface area contributed by atoms with Crippen LogP contribution >= 0.6 is 0 Å². The third-order valence-corrected chi connectivity index (χ3v) is 4.45. The molecule has 1 saturated heterocycles. The highest BCUT2D eigenvalue weighted by molar-refractivity contribution is 7.91. The molecule has 0 aromatic heterocycles. The van der Waals surface area contributed by atoms with Crippen molar-refractivity contribution < 1.29 is 17.9 Å². The Kier molecular flexibility index (Phi) is 4.73. The van der Waals surface area contributed by atoms with Gasteiger partial charge < -0.3 is 4.74 Å². The molecule has 1 fully saturated rings. The molecule has 1 aliphatic heterocycles. The number of rotatable bonds is 5. The number of ketones is 1. The van der Waals surface area contributed by atoms with E-state index in [1.54, 1.807) is 0 Å². The van der Waals surface area contributed by atoms with E-state index >= 15 is 0 Å². The second kappa shape index (κ2) is 5.61. The van der Waals surface area contributed by atoms with E-state index in [0.29, 0.717) is 32.5 Å². The summed E-state index contributed by atoms with van der Waals surface area (Å²) < 4.78 is 28.0. The minimum atomic E-state index is -2.96. The van der Waals surface area contributed by atoms with Gasteiger partial charge in [0.15, 0.2) is 0 Å². The summed E-state index contributed by atoms with van der Waals surface area (Å²) >= 11 is 0. The Morgan fingerprint density at radius 1 is 1.40 bits per heavy atom. The predicted molar refractivity (Wildman–Crippen MR) is 57.5 cm³/mol. The molecular weight excluding hydrogens is 216 g/mol. The Morgan fingerprint density at radius 2 is 2.13 bits per heavy atom. The van der Waals surface area contributed by atoms with Crippen LogP contribution in [0.1, 0.15) is 26.2 Å². The topological polar surface area (TPSA) is 60.4 Å². The molecule has 0 aliphatic carbocycles. The van der Waals surface area contributed by atoms with Crippen molar-refractivity contribution in [3.05, 3.63) is 0 Å². The first kappa shape index (κ1) is 12.6. The van der Waals surface area contributed by atoms with Gasteiger partial charge in [0, 0.05) is 18.1 Å². The van der Waals surface area contributed by atoms with Crippen LogP contribution in [0.5, 0.6) is 0 Å². The van der Waals surface area contributed by atoms with E-state index in [1.807, 2.05) is 6.92 Å². The molecule has 1 rings (SSSR count). The van der Waals surface area contributed by atoms with Crippen molar-refractivity contribution in [1.29, 1.82) is 0 Å². The van der Waals surface area contributed by atoms with Crippen LogP contribution in [-0.4, -0.2) is 38.9 Å². The van der Waals surface area contributed by atoms with E-state index < -0.39 is 9.84 Å². The van der Waals surface area contributed by atoms with Gasteiger partial charge in [-0.05, 0) is 12.8 Å². The molecule has 1 heterocycles. The third kappa shape index (κ3) is 4.30. The van der Waals surface area contributed by atoms with Crippen LogP contribution in [0, 0.1) is 5.92 Å². The zero-order valence-corrected chi connectivity index (χ0v) is 9.88. The third-order valence-electron chi connectivity index (χ3n) is 2.56. The molecule has 88 valence electrons. The van der Waals surface area contributed by atoms with Crippen molar-refractivity contribution in [1.82, 2.24) is 0 Å². The van der Waals surface area contributed by atoms with Gasteiger partial charge in [-0.1, -0.05) is 6.92 Å². The second-order valence-electron chi connectivity index (χ2n) is 3.93. The lowest BCUT2D eigenvalue weighted by atomic mass is 9.98. The van der Waals surface area contributed by atoms with Crippen LogP contribution in [0.2, 0.25) is 0 Å². The van der Waals surface area contributed by atoms with Crippen LogP contribution < -0.4 is 0 Å². The van der Waals surface area contributed by atoms with Crippen LogP contribution in [0.3, 0.4) is 0 Å². The molecule has 0 amide bonds. The summed E-state index contributed by atoms with van der Waals surface area (Å²) in [6.45, 7) is 2.71. The molecule has 0 radical (unpaired) electrons. The summed E-state index contributed by atoms with van der Waals surface area (Å²) in [5.41, 5.74) is 0. The molecule has 0 spiro atoms. The molecule has 0 saturated carbocycles. The van der Waals surface area contributed by atoms with Crippen molar-refractivity contribution in [3.63, 3.8) is 0 Å². The first-order chi connectivity index (χ1) is 7.05. The monoisotopic (exact) mass is 234 g/mol. The Morgan fingerprint density at radius 3 is 2.73 bits per heavy atom. The van der Waals surface area contributed by atoms with E-state index in [-0.39, 0.29) is 23.2 Å². The van der Waals surface area contributed by atoms with Gasteiger partial charge in [-0.3, -0.25) is 4.79 Å². The highest BCUT2D eigenvalue weighted by Gasteiger charge is 2.24. The molecular formula is C10H18O4S. The molecule has 1 atom stereocenters. The average molecular weight is 234 g/mol. The van der Waals surface area contributed by atoms with Crippen LogP contribution in [0.4, 0.5) is 0 Å². The molecule has 15 heavy (non-hydrogen) atoms. The van der Waals surface area contributed by atoms with E-state index in [0.717, 1.165) is 0 Å². The highest BCUT2D eigenvalue weighted by Crippen LogP contribution is 2.15. The average Bonchev–Trinajstić information content (AvgIpc) is 2.16. The van der Waals surface area contributed by atoms with Crippen molar-refractivity contribution >= 4 is 15.6 Å². The van der Waals surface area contributed by atoms with Crippen molar-refractivity contribution in [3.8, 4) is 0 Å². The lowest BCUT2D eigenvalue weighted by Crippen LogP contribution is -2.29. The largest absolute Gasteiger partial charge is 0.380 e. The SMILES string of the molecule is CCCS(=O)(=O)CCC1COCCC1=O. The number of carbonyl (C=O) groups is 1. The number of hydrogen-bond acceptors (Lipinski definition) is 4. The molecule has 0 N–H and O–H groups in total. The minimum Gasteiger partial charge on any atom is -0.380 e. The lowest BCUT2D eigenvalue weighted by molar-refractivity contribution is -0.130. The highest BCUT2D eigenvalue weighted by atomic mass is 32.2. The fourth-order valence-corrected chi connectivity index (χ4v) is 3.14. The van der Waals surface area contributed by atoms with Crippen LogP contribution in [0.25, 0.3) is 0 Å². The molecule has 0 bridgehead atoms. The first-order valence-electron chi connectivity index (χ1n) is 5.36. The molecule has 0 aromatic carbocycles. The van der Waals surface area contributed by atoms with Gasteiger partial charge in [-0.2, -0.15) is 0 Å². The van der Waals surface area contributed by atoms with Crippen molar-refractivity contribution in [2.24, 2.45) is 5.92 Å². The Balaban J connectivity index is 2.38. The zero-order chi connectivity index (χ0) is 11.3. The predicted octanol–water partition coefficient (Wildman–Crippen LogP) is 0.807. The number of ether oxygens (including phenoxy) is 1. The summed E-state index contributed by atoms with van der Waals surface area (Å²) in [6.07, 6.45) is 1.48. The molecule has 5 heteroatoms. The maximum absolute atomic E-state index is 11.4. The summed E-state index contributed by atoms with van der Waals surface area (Å²) in [7, 11) is -2.96. The summed E-state index contributed by atoms with van der Waals surface area (Å²) in [6, 6.07) is 0. The molecule has 1 aliphatic rings. The zero-order valence-electron chi connectivity index (χ0n) is 9.07. The van der Waals surface area contributed by atoms with Crippen molar-refractivity contribution in [2.45, 2.75) is 26.2 Å². The minimum absolute atomic E-state index is 0.112. The summed E-state index contributed by atoms with van der Waals surface area (Å²) in [4.78, 5) is 11.4. The Bertz CT molecular complexity index is 307. The summed E-state index contributed by atoms with van der Waals surface area (Å²) in [5.74, 6) is 0.272. The van der Waals surface area contributed by atoms with E-state index in [4.69, 9.17) is 4.74 Å². The van der Waals surface area contributed by atoms with Crippen LogP contribution in [0.15, 0.2) is 0 Å². The van der Waals surface area contributed by atoms with Crippen LogP contribution in [-0.2, 0) is 19.4 Å². The fourth-order valence-electron chi connectivity index (χ4n) is 1.67. The number of hydrogen-bond donors (Lipinski definition) is 0. The van der Waals surface area contributed by atoms with Gasteiger partial charge in [0.1, 0.15) is 15.6 Å². The summed E-state index contributed by atoms with van der Waals surface area (Å²) in [5, 5.41) is 0. The maximum Gasteiger partial charge on any atom is 0.150 e. The van der Waals surface area contributed by atoms with Crippen molar-refractivity contribution in [2.75, 3.05) is 24.7 Å². The van der Waals surface area contributed by atoms with Gasteiger partial charge in [0.05, 0.1) is 19.0 Å². The molecule has 0 aromatic rings. The Labute approximate surface area is 90.9 Å². The number of Topliss-reactive ketones (excluding diaryl/α,β-unsaturated/α-hetero) is 1. The van der Waals surface area contributed by atoms with Gasteiger partial charge in [0.2, 0.25) is 0 Å². The van der Waals surface area contributed by atoms with Gasteiger partial charge in [-0.25, -0.2) is 8.42 Å². The van der Waals surface area contributed by atoms with Gasteiger partial charge in [0.25, 0.3) is 0 Å². The lowest BCUT2D eigenvalue weighted by Gasteiger charge is -2.20. The normalized spacial score (nSPS) is 23.0. The fraction of sp³-hybridized carbons (Fsp3) is 0.900. The quantitative estimate of drug-likeness (QED) is 0.706. The van der Waals surface area contributed by atoms with E-state index in [2.05, 4.69) is 0 Å². The Hall–Kier alpha value is -0.420. The van der Waals surface area contributed by atoms with Gasteiger partial charge in [-0.15, -0.1) is 0 Å². The smallest absolute Gasteiger partial charge is 0.150 e. The first-order valence-corrected chi connectivity index (χ1v) is 7.18. The second-order valence-corrected chi connectivity index (χ2v) is 6.23. The number of sulfone groups is 1. The maximum atomic E-state index is 11.4. The van der Waals surface area contributed by atoms with E-state index in [1.165, 1.54) is 0 Å². The molecule has 4 nitrogen and oxygen atoms in total. The standard InChI is InChI=1S/C10H18O4S/c1-2-6-15(12,13)7-4-9-8-14-5-3-10(9)11/h9H,2-8H2,1H3. The van der Waals surface area contributed by atoms with Gasteiger partial charge >= 0.3 is 0 Å². The number of carbonyl (C=O) groups excluding carboxylic acids is 1. The molecule has 1 unspecified atom stereocenters. The van der Waals surface area contributed by atoms with E-state index in [9.17, 15) is 13.2 Å².